The molecule has 0 aliphatic carbocycles. The van der Waals surface area contributed by atoms with Gasteiger partial charge in [0.1, 0.15) is 0 Å². The van der Waals surface area contributed by atoms with Crippen LogP contribution in [0.2, 0.25) is 0 Å². The van der Waals surface area contributed by atoms with Gasteiger partial charge in [-0.2, -0.15) is 0 Å². The lowest BCUT2D eigenvalue weighted by atomic mass is 9.77. The van der Waals surface area contributed by atoms with Gasteiger partial charge in [0.05, 0.1) is 24.6 Å². The second-order valence-corrected chi connectivity index (χ2v) is 6.51. The molecular weight excluding hydrogens is 282 g/mol. The molecule has 7 heteroatoms. The first-order chi connectivity index (χ1) is 10.6. The van der Waals surface area contributed by atoms with Gasteiger partial charge in [-0.05, 0) is 44.8 Å². The second kappa shape index (κ2) is 6.18. The monoisotopic (exact) mass is 305 g/mol. The Labute approximate surface area is 129 Å². The zero-order valence-corrected chi connectivity index (χ0v) is 12.9. The zero-order chi connectivity index (χ0) is 15.6. The van der Waals surface area contributed by atoms with Crippen LogP contribution in [0.5, 0.6) is 0 Å². The molecule has 3 rings (SSSR count). The minimum Gasteiger partial charge on any atom is -0.349 e. The van der Waals surface area contributed by atoms with Crippen molar-refractivity contribution in [2.75, 3.05) is 26.7 Å². The van der Waals surface area contributed by atoms with Crippen molar-refractivity contribution >= 4 is 5.91 Å². The smallest absolute Gasteiger partial charge is 0.250 e. The average molecular weight is 305 g/mol. The number of carbonyl (C=O) groups excluding carboxylic acids is 1. The summed E-state index contributed by atoms with van der Waals surface area (Å²) in [5.74, 6) is 0.0278. The van der Waals surface area contributed by atoms with Gasteiger partial charge in [0.15, 0.2) is 0 Å². The van der Waals surface area contributed by atoms with E-state index in [4.69, 9.17) is 0 Å². The fraction of sp³-hybridized carbons (Fsp3) is 0.667. The number of piperidine rings is 1. The molecule has 1 unspecified atom stereocenters. The van der Waals surface area contributed by atoms with Crippen molar-refractivity contribution in [3.05, 3.63) is 28.4 Å². The van der Waals surface area contributed by atoms with Crippen LogP contribution in [0.1, 0.15) is 25.0 Å². The van der Waals surface area contributed by atoms with Crippen LogP contribution in [-0.2, 0) is 11.3 Å². The Morgan fingerprint density at radius 1 is 1.50 bits per heavy atom. The van der Waals surface area contributed by atoms with Crippen LogP contribution >= 0.6 is 0 Å². The molecule has 1 spiro atoms. The van der Waals surface area contributed by atoms with E-state index in [2.05, 4.69) is 25.5 Å². The lowest BCUT2D eigenvalue weighted by Gasteiger charge is -2.33. The van der Waals surface area contributed by atoms with E-state index >= 15 is 0 Å². The van der Waals surface area contributed by atoms with Gasteiger partial charge in [-0.3, -0.25) is 14.5 Å². The molecular formula is C15H23N5O2. The minimum atomic E-state index is -0.203. The number of aromatic amines is 1. The summed E-state index contributed by atoms with van der Waals surface area (Å²) in [4.78, 5) is 32.4. The van der Waals surface area contributed by atoms with E-state index in [0.717, 1.165) is 38.9 Å². The number of carbonyl (C=O) groups is 1. The van der Waals surface area contributed by atoms with E-state index in [0.29, 0.717) is 12.2 Å². The Balaban J connectivity index is 1.59. The molecule has 1 amide bonds. The predicted molar refractivity (Wildman–Crippen MR) is 82.3 cm³/mol. The molecule has 0 bridgehead atoms. The highest BCUT2D eigenvalue weighted by Crippen LogP contribution is 2.41. The number of nitrogens with one attached hydrogen (secondary N) is 3. The summed E-state index contributed by atoms with van der Waals surface area (Å²) in [6.07, 6.45) is 4.54. The van der Waals surface area contributed by atoms with Gasteiger partial charge in [-0.15, -0.1) is 0 Å². The van der Waals surface area contributed by atoms with Crippen LogP contribution < -0.4 is 16.2 Å². The number of hydrogen-bond acceptors (Lipinski definition) is 5. The van der Waals surface area contributed by atoms with Gasteiger partial charge in [0, 0.05) is 12.6 Å². The van der Waals surface area contributed by atoms with E-state index in [9.17, 15) is 9.59 Å². The van der Waals surface area contributed by atoms with Gasteiger partial charge < -0.3 is 15.6 Å². The van der Waals surface area contributed by atoms with Crippen LogP contribution in [0.3, 0.4) is 0 Å². The molecule has 22 heavy (non-hydrogen) atoms. The molecule has 2 aliphatic heterocycles. The summed E-state index contributed by atoms with van der Waals surface area (Å²) >= 11 is 0. The molecule has 2 saturated heterocycles. The lowest BCUT2D eigenvalue weighted by Crippen LogP contribution is -2.41. The molecule has 3 heterocycles. The molecule has 1 atom stereocenters. The number of nitrogens with zero attached hydrogens (tertiary/aromatic N) is 2. The fourth-order valence-corrected chi connectivity index (χ4v) is 3.68. The van der Waals surface area contributed by atoms with E-state index in [1.165, 1.54) is 12.4 Å². The summed E-state index contributed by atoms with van der Waals surface area (Å²) in [7, 11) is 2.02. The van der Waals surface area contributed by atoms with E-state index in [1.807, 2.05) is 7.05 Å². The van der Waals surface area contributed by atoms with Gasteiger partial charge in [0.25, 0.3) is 5.56 Å². The second-order valence-electron chi connectivity index (χ2n) is 6.51. The zero-order valence-electron chi connectivity index (χ0n) is 12.9. The van der Waals surface area contributed by atoms with E-state index in [1.54, 1.807) is 0 Å². The summed E-state index contributed by atoms with van der Waals surface area (Å²) < 4.78 is 0. The maximum atomic E-state index is 12.5. The molecule has 0 aromatic carbocycles. The van der Waals surface area contributed by atoms with Gasteiger partial charge in [-0.1, -0.05) is 0 Å². The molecule has 120 valence electrons. The van der Waals surface area contributed by atoms with Crippen molar-refractivity contribution in [2.45, 2.75) is 31.8 Å². The highest BCUT2D eigenvalue weighted by atomic mass is 16.2. The molecule has 0 saturated carbocycles. The van der Waals surface area contributed by atoms with Crippen LogP contribution in [0, 0.1) is 5.41 Å². The van der Waals surface area contributed by atoms with E-state index in [-0.39, 0.29) is 22.9 Å². The molecule has 7 nitrogen and oxygen atoms in total. The third-order valence-electron chi connectivity index (χ3n) is 4.89. The third-order valence-corrected chi connectivity index (χ3v) is 4.89. The Morgan fingerprint density at radius 2 is 2.27 bits per heavy atom. The topological polar surface area (TPSA) is 90.1 Å². The van der Waals surface area contributed by atoms with Crippen molar-refractivity contribution in [1.82, 2.24) is 25.5 Å². The maximum Gasteiger partial charge on any atom is 0.250 e. The number of H-pyrrole nitrogens is 1. The lowest BCUT2D eigenvalue weighted by molar-refractivity contribution is -0.125. The quantitative estimate of drug-likeness (QED) is 0.698. The molecule has 1 aromatic rings. The van der Waals surface area contributed by atoms with Crippen LogP contribution in [-0.4, -0.2) is 53.5 Å². The number of aromatic nitrogens is 2. The van der Waals surface area contributed by atoms with Gasteiger partial charge >= 0.3 is 0 Å². The number of likely N-dealkylation sites (tertiary alicyclic amines) is 1. The number of hydrogen-bond donors (Lipinski definition) is 3. The Morgan fingerprint density at radius 3 is 3.00 bits per heavy atom. The molecule has 0 radical (unpaired) electrons. The molecule has 2 fully saturated rings. The number of likely N-dealkylation sites (N-methyl/N-ethyl adjacent to an activating group) is 1. The summed E-state index contributed by atoms with van der Waals surface area (Å²) in [6, 6.07) is 1.33. The van der Waals surface area contributed by atoms with Crippen molar-refractivity contribution < 1.29 is 4.79 Å². The minimum absolute atomic E-state index is 0.0278. The molecule has 2 aliphatic rings. The van der Waals surface area contributed by atoms with Crippen molar-refractivity contribution in [3.63, 3.8) is 0 Å². The van der Waals surface area contributed by atoms with Crippen LogP contribution in [0.25, 0.3) is 0 Å². The van der Waals surface area contributed by atoms with Crippen LogP contribution in [0.15, 0.2) is 17.2 Å². The first-order valence-electron chi connectivity index (χ1n) is 7.80. The Hall–Kier alpha value is -1.73. The Kier molecular flexibility index (Phi) is 4.26. The summed E-state index contributed by atoms with van der Waals surface area (Å²) in [5, 5.41) is 6.30. The Bertz CT molecular complexity index is 594. The van der Waals surface area contributed by atoms with Gasteiger partial charge in [0.2, 0.25) is 5.91 Å². The highest BCUT2D eigenvalue weighted by molar-refractivity contribution is 5.82. The maximum absolute atomic E-state index is 12.5. The van der Waals surface area contributed by atoms with Crippen LogP contribution in [0.4, 0.5) is 0 Å². The third kappa shape index (κ3) is 3.20. The SMILES string of the molecule is CN1CC2(CCNCC2)CC1C(=O)NCc1cc(=O)[nH]cn1. The molecule has 3 N–H and O–H groups in total. The van der Waals surface area contributed by atoms with Crippen molar-refractivity contribution in [2.24, 2.45) is 5.41 Å². The van der Waals surface area contributed by atoms with Crippen molar-refractivity contribution in [1.29, 1.82) is 0 Å². The van der Waals surface area contributed by atoms with E-state index < -0.39 is 0 Å². The number of amides is 1. The average Bonchev–Trinajstić information content (AvgIpc) is 2.82. The predicted octanol–water partition coefficient (Wildman–Crippen LogP) is -0.540. The summed E-state index contributed by atoms with van der Waals surface area (Å²) in [5.41, 5.74) is 0.657. The fourth-order valence-electron chi connectivity index (χ4n) is 3.68. The summed E-state index contributed by atoms with van der Waals surface area (Å²) in [6.45, 7) is 3.36. The standard InChI is InChI=1S/C15H23N5O2/c1-20-9-15(2-4-16-5-3-15)7-12(20)14(22)17-8-11-6-13(21)19-10-18-11/h6,10,12,16H,2-5,7-9H2,1H3,(H,17,22)(H,18,19,21). The highest BCUT2D eigenvalue weighted by Gasteiger charge is 2.45. The number of rotatable bonds is 3. The van der Waals surface area contributed by atoms with Crippen molar-refractivity contribution in [3.8, 4) is 0 Å². The van der Waals surface area contributed by atoms with Gasteiger partial charge in [-0.25, -0.2) is 4.98 Å². The first-order valence-corrected chi connectivity index (χ1v) is 7.80. The first kappa shape index (κ1) is 15.2. The largest absolute Gasteiger partial charge is 0.349 e. The normalized spacial score (nSPS) is 24.5. The molecule has 1 aromatic heterocycles.